The molecular weight excluding hydrogens is 309 g/mol. The van der Waals surface area contributed by atoms with Crippen LogP contribution in [0.5, 0.6) is 0 Å². The van der Waals surface area contributed by atoms with Crippen LogP contribution in [0.4, 0.5) is 0 Å². The van der Waals surface area contributed by atoms with Crippen LogP contribution in [0.2, 0.25) is 0 Å². The van der Waals surface area contributed by atoms with Crippen LogP contribution in [0, 0.1) is 0 Å². The van der Waals surface area contributed by atoms with E-state index in [0.717, 1.165) is 0 Å². The molecule has 0 bridgehead atoms. The maximum Gasteiger partial charge on any atom is 1.00 e. The normalized spacial score (nSPS) is 12.6. The van der Waals surface area contributed by atoms with Gasteiger partial charge in [0.15, 0.2) is 0 Å². The predicted molar refractivity (Wildman–Crippen MR) is 72.0 cm³/mol. The average molecular weight is 317 g/mol. The van der Waals surface area contributed by atoms with Crippen molar-refractivity contribution in [3.05, 3.63) is 70.8 Å². The Morgan fingerprint density at radius 2 is 1.22 bits per heavy atom. The second-order valence-electron chi connectivity index (χ2n) is 4.63. The number of nitrogens with zero attached hydrogens (tertiary/aromatic N) is 1. The van der Waals surface area contributed by atoms with Gasteiger partial charge in [-0.05, 0) is 18.2 Å². The number of carbonyl (C=O) groups is 4. The van der Waals surface area contributed by atoms with Gasteiger partial charge >= 0.3 is 29.6 Å². The molecule has 1 heterocycles. The Balaban J connectivity index is 0.00000192. The van der Waals surface area contributed by atoms with Gasteiger partial charge in [0.25, 0.3) is 17.7 Å². The van der Waals surface area contributed by atoms with Crippen molar-refractivity contribution in [3.8, 4) is 0 Å². The fraction of sp³-hybridized carbons (Fsp3) is 0. The molecule has 2 aromatic carbocycles. The van der Waals surface area contributed by atoms with E-state index in [9.17, 15) is 24.3 Å². The number of rotatable bonds is 2. The number of hydrogen-bond acceptors (Lipinski definition) is 5. The number of aromatic carboxylic acids is 1. The summed E-state index contributed by atoms with van der Waals surface area (Å²) >= 11 is 0. The standard InChI is InChI=1S/C16H9NO5.Na/c18-13-9-5-1-2-6-10(9)14(19)17(13)15(20)11-7-3-4-8-12(11)16(21)22;/h1-8H,(H,21,22);/q;+1/p-1. The van der Waals surface area contributed by atoms with Crippen molar-refractivity contribution < 1.29 is 53.8 Å². The zero-order chi connectivity index (χ0) is 15.9. The zero-order valence-corrected chi connectivity index (χ0v) is 14.1. The number of amides is 3. The quantitative estimate of drug-likeness (QED) is 0.450. The maximum atomic E-state index is 12.5. The Kier molecular flexibility index (Phi) is 4.79. The van der Waals surface area contributed by atoms with Crippen LogP contribution in [0.15, 0.2) is 48.5 Å². The number of benzene rings is 2. The van der Waals surface area contributed by atoms with E-state index < -0.39 is 23.7 Å². The molecule has 2 aromatic rings. The van der Waals surface area contributed by atoms with Crippen LogP contribution in [0.3, 0.4) is 0 Å². The van der Waals surface area contributed by atoms with Gasteiger partial charge in [-0.25, -0.2) is 4.90 Å². The minimum absolute atomic E-state index is 0. The fourth-order valence-corrected chi connectivity index (χ4v) is 2.34. The van der Waals surface area contributed by atoms with Gasteiger partial charge in [0, 0.05) is 11.1 Å². The van der Waals surface area contributed by atoms with Crippen molar-refractivity contribution in [2.75, 3.05) is 0 Å². The summed E-state index contributed by atoms with van der Waals surface area (Å²) < 4.78 is 0. The summed E-state index contributed by atoms with van der Waals surface area (Å²) in [6.07, 6.45) is 0. The smallest absolute Gasteiger partial charge is 0.545 e. The third-order valence-corrected chi connectivity index (χ3v) is 3.37. The average Bonchev–Trinajstić information content (AvgIpc) is 2.79. The number of carbonyl (C=O) groups excluding carboxylic acids is 4. The van der Waals surface area contributed by atoms with Gasteiger partial charge in [0.05, 0.1) is 17.1 Å². The Labute approximate surface area is 153 Å². The molecule has 1 aliphatic heterocycles. The van der Waals surface area contributed by atoms with Crippen molar-refractivity contribution in [2.24, 2.45) is 0 Å². The number of hydrogen-bond donors (Lipinski definition) is 0. The first-order valence-corrected chi connectivity index (χ1v) is 6.35. The molecule has 0 N–H and O–H groups in total. The van der Waals surface area contributed by atoms with E-state index in [4.69, 9.17) is 0 Å². The molecule has 0 saturated heterocycles. The van der Waals surface area contributed by atoms with E-state index in [0.29, 0.717) is 4.90 Å². The van der Waals surface area contributed by atoms with Crippen molar-refractivity contribution in [1.29, 1.82) is 0 Å². The van der Waals surface area contributed by atoms with Gasteiger partial charge < -0.3 is 9.90 Å². The number of carboxylic acid groups (broad SMARTS) is 1. The third kappa shape index (κ3) is 2.72. The summed E-state index contributed by atoms with van der Waals surface area (Å²) in [5, 5.41) is 11.1. The van der Waals surface area contributed by atoms with E-state index >= 15 is 0 Å². The van der Waals surface area contributed by atoms with E-state index in [-0.39, 0.29) is 51.8 Å². The van der Waals surface area contributed by atoms with E-state index in [1.54, 1.807) is 12.1 Å². The van der Waals surface area contributed by atoms with Crippen LogP contribution >= 0.6 is 0 Å². The molecular formula is C16H8NNaO5. The molecule has 0 fully saturated rings. The minimum atomic E-state index is -1.56. The van der Waals surface area contributed by atoms with Gasteiger partial charge in [-0.2, -0.15) is 0 Å². The Morgan fingerprint density at radius 1 is 0.783 bits per heavy atom. The molecule has 0 aromatic heterocycles. The Hall–Kier alpha value is -2.28. The molecule has 0 aliphatic carbocycles. The number of imide groups is 3. The summed E-state index contributed by atoms with van der Waals surface area (Å²) in [5.41, 5.74) is -0.403. The maximum absolute atomic E-state index is 12.5. The zero-order valence-electron chi connectivity index (χ0n) is 12.1. The largest absolute Gasteiger partial charge is 1.00 e. The van der Waals surface area contributed by atoms with Crippen LogP contribution < -0.4 is 34.7 Å². The van der Waals surface area contributed by atoms with Crippen molar-refractivity contribution in [2.45, 2.75) is 0 Å². The molecule has 6 nitrogen and oxygen atoms in total. The SMILES string of the molecule is O=C([O-])c1ccccc1C(=O)N1C(=O)c2ccccc2C1=O.[Na+]. The fourth-order valence-electron chi connectivity index (χ4n) is 2.34. The first-order valence-electron chi connectivity index (χ1n) is 6.35. The molecule has 0 radical (unpaired) electrons. The third-order valence-electron chi connectivity index (χ3n) is 3.37. The summed E-state index contributed by atoms with van der Waals surface area (Å²) in [4.78, 5) is 48.4. The molecule has 0 saturated carbocycles. The molecule has 3 amide bonds. The summed E-state index contributed by atoms with van der Waals surface area (Å²) in [5.74, 6) is -4.07. The predicted octanol–water partition coefficient (Wildman–Crippen LogP) is -2.51. The monoisotopic (exact) mass is 317 g/mol. The van der Waals surface area contributed by atoms with Crippen molar-refractivity contribution in [3.63, 3.8) is 0 Å². The van der Waals surface area contributed by atoms with Crippen LogP contribution in [-0.4, -0.2) is 28.6 Å². The second kappa shape index (κ2) is 6.45. The minimum Gasteiger partial charge on any atom is -0.545 e. The molecule has 23 heavy (non-hydrogen) atoms. The number of carboxylic acids is 1. The molecule has 7 heteroatoms. The molecule has 108 valence electrons. The summed E-state index contributed by atoms with van der Waals surface area (Å²) in [6, 6.07) is 11.3. The van der Waals surface area contributed by atoms with E-state index in [2.05, 4.69) is 0 Å². The molecule has 3 rings (SSSR count). The first kappa shape index (κ1) is 17.1. The molecule has 0 atom stereocenters. The van der Waals surface area contributed by atoms with Crippen LogP contribution in [-0.2, 0) is 0 Å². The number of fused-ring (bicyclic) bond motifs is 1. The van der Waals surface area contributed by atoms with Crippen molar-refractivity contribution in [1.82, 2.24) is 4.90 Å². The van der Waals surface area contributed by atoms with Gasteiger partial charge in [0.2, 0.25) is 0 Å². The Morgan fingerprint density at radius 3 is 1.70 bits per heavy atom. The van der Waals surface area contributed by atoms with Crippen LogP contribution in [0.25, 0.3) is 0 Å². The van der Waals surface area contributed by atoms with E-state index in [1.807, 2.05) is 0 Å². The topological polar surface area (TPSA) is 94.6 Å². The molecule has 0 unspecified atom stereocenters. The van der Waals surface area contributed by atoms with Gasteiger partial charge in [-0.15, -0.1) is 0 Å². The van der Waals surface area contributed by atoms with E-state index in [1.165, 1.54) is 36.4 Å². The van der Waals surface area contributed by atoms with Crippen molar-refractivity contribution >= 4 is 23.7 Å². The molecule has 0 spiro atoms. The first-order chi connectivity index (χ1) is 10.5. The molecule has 1 aliphatic rings. The van der Waals surface area contributed by atoms with Gasteiger partial charge in [-0.3, -0.25) is 14.4 Å². The van der Waals surface area contributed by atoms with Gasteiger partial charge in [-0.1, -0.05) is 30.3 Å². The summed E-state index contributed by atoms with van der Waals surface area (Å²) in [6.45, 7) is 0. The Bertz CT molecular complexity index is 811. The van der Waals surface area contributed by atoms with Gasteiger partial charge in [0.1, 0.15) is 0 Å². The second-order valence-corrected chi connectivity index (χ2v) is 4.63. The summed E-state index contributed by atoms with van der Waals surface area (Å²) in [7, 11) is 0. The van der Waals surface area contributed by atoms with Crippen LogP contribution in [0.1, 0.15) is 41.4 Å².